The highest BCUT2D eigenvalue weighted by Gasteiger charge is 2.18. The molecule has 2 heterocycles. The number of hydrogen-bond acceptors (Lipinski definition) is 2. The Morgan fingerprint density at radius 1 is 1.33 bits per heavy atom. The number of aromatic nitrogens is 2. The molecule has 3 heteroatoms. The summed E-state index contributed by atoms with van der Waals surface area (Å²) < 4.78 is 5.80. The van der Waals surface area contributed by atoms with Gasteiger partial charge in [0.05, 0.1) is 17.8 Å². The van der Waals surface area contributed by atoms with E-state index in [9.17, 15) is 0 Å². The first-order valence-corrected chi connectivity index (χ1v) is 5.49. The van der Waals surface area contributed by atoms with Gasteiger partial charge in [0.15, 0.2) is 0 Å². The number of nitrogens with zero attached hydrogens (tertiary/aromatic N) is 1. The van der Waals surface area contributed by atoms with E-state index >= 15 is 0 Å². The minimum atomic E-state index is 0.264. The van der Waals surface area contributed by atoms with E-state index in [1.807, 2.05) is 6.20 Å². The summed E-state index contributed by atoms with van der Waals surface area (Å²) in [6, 6.07) is 6.26. The lowest BCUT2D eigenvalue weighted by Crippen LogP contribution is -2.11. The molecule has 0 amide bonds. The Labute approximate surface area is 88.4 Å². The maximum absolute atomic E-state index is 5.80. The van der Waals surface area contributed by atoms with E-state index in [0.717, 1.165) is 18.5 Å². The van der Waals surface area contributed by atoms with Gasteiger partial charge in [-0.05, 0) is 30.9 Å². The Morgan fingerprint density at radius 3 is 3.20 bits per heavy atom. The summed E-state index contributed by atoms with van der Waals surface area (Å²) in [4.78, 5) is 0. The summed E-state index contributed by atoms with van der Waals surface area (Å²) in [5.74, 6) is 0. The highest BCUT2D eigenvalue weighted by molar-refractivity contribution is 5.81. The maximum atomic E-state index is 5.80. The molecule has 1 aromatic heterocycles. The number of hydrogen-bond donors (Lipinski definition) is 1. The molecule has 0 radical (unpaired) electrons. The Bertz CT molecular complexity index is 457. The van der Waals surface area contributed by atoms with Gasteiger partial charge in [-0.25, -0.2) is 0 Å². The molecule has 1 unspecified atom stereocenters. The third kappa shape index (κ3) is 1.53. The molecule has 0 spiro atoms. The highest BCUT2D eigenvalue weighted by atomic mass is 16.5. The topological polar surface area (TPSA) is 37.9 Å². The Morgan fingerprint density at radius 2 is 2.33 bits per heavy atom. The molecule has 1 N–H and O–H groups in total. The number of H-pyrrole nitrogens is 1. The molecule has 1 saturated heterocycles. The Hall–Kier alpha value is -1.35. The number of benzene rings is 1. The van der Waals surface area contributed by atoms with E-state index in [1.54, 1.807) is 0 Å². The van der Waals surface area contributed by atoms with E-state index < -0.39 is 0 Å². The van der Waals surface area contributed by atoms with Crippen LogP contribution in [0.2, 0.25) is 0 Å². The normalized spacial score (nSPS) is 22.0. The van der Waals surface area contributed by atoms with Gasteiger partial charge >= 0.3 is 0 Å². The van der Waals surface area contributed by atoms with Crippen LogP contribution in [0.3, 0.4) is 0 Å². The number of fused-ring (bicyclic) bond motifs is 1. The van der Waals surface area contributed by atoms with Gasteiger partial charge in [-0.15, -0.1) is 0 Å². The number of nitrogens with one attached hydrogen (secondary N) is 1. The van der Waals surface area contributed by atoms with Crippen LogP contribution in [0.25, 0.3) is 10.9 Å². The van der Waals surface area contributed by atoms with Crippen molar-refractivity contribution in [1.82, 2.24) is 10.2 Å². The fourth-order valence-electron chi connectivity index (χ4n) is 2.26. The summed E-state index contributed by atoms with van der Waals surface area (Å²) in [7, 11) is 0. The van der Waals surface area contributed by atoms with Crippen molar-refractivity contribution >= 4 is 10.9 Å². The second kappa shape index (κ2) is 3.66. The van der Waals surface area contributed by atoms with Gasteiger partial charge < -0.3 is 4.74 Å². The second-order valence-electron chi connectivity index (χ2n) is 4.03. The van der Waals surface area contributed by atoms with Crippen LogP contribution in [0, 0.1) is 0 Å². The van der Waals surface area contributed by atoms with Crippen LogP contribution in [0.1, 0.15) is 30.9 Å². The van der Waals surface area contributed by atoms with Crippen LogP contribution in [0.5, 0.6) is 0 Å². The van der Waals surface area contributed by atoms with E-state index in [4.69, 9.17) is 4.74 Å². The van der Waals surface area contributed by atoms with Gasteiger partial charge in [0, 0.05) is 12.0 Å². The fourth-order valence-corrected chi connectivity index (χ4v) is 2.26. The van der Waals surface area contributed by atoms with Crippen LogP contribution in [0.15, 0.2) is 24.4 Å². The molecular weight excluding hydrogens is 188 g/mol. The molecule has 78 valence electrons. The summed E-state index contributed by atoms with van der Waals surface area (Å²) in [5, 5.41) is 8.27. The molecule has 3 nitrogen and oxygen atoms in total. The summed E-state index contributed by atoms with van der Waals surface area (Å²) >= 11 is 0. The quantitative estimate of drug-likeness (QED) is 0.772. The Balaban J connectivity index is 2.05. The first-order valence-electron chi connectivity index (χ1n) is 5.49. The van der Waals surface area contributed by atoms with Crippen LogP contribution in [-0.2, 0) is 4.74 Å². The minimum Gasteiger partial charge on any atom is -0.374 e. The van der Waals surface area contributed by atoms with Gasteiger partial charge in [-0.1, -0.05) is 12.1 Å². The molecule has 1 aromatic carbocycles. The summed E-state index contributed by atoms with van der Waals surface area (Å²) in [5.41, 5.74) is 2.38. The van der Waals surface area contributed by atoms with Crippen molar-refractivity contribution in [2.45, 2.75) is 25.4 Å². The van der Waals surface area contributed by atoms with Crippen LogP contribution in [0.4, 0.5) is 0 Å². The molecule has 1 aliphatic rings. The van der Waals surface area contributed by atoms with Crippen molar-refractivity contribution in [1.29, 1.82) is 0 Å². The van der Waals surface area contributed by atoms with Crippen molar-refractivity contribution < 1.29 is 4.74 Å². The zero-order valence-electron chi connectivity index (χ0n) is 8.57. The molecule has 1 fully saturated rings. The number of rotatable bonds is 1. The van der Waals surface area contributed by atoms with Crippen LogP contribution < -0.4 is 0 Å². The van der Waals surface area contributed by atoms with Crippen LogP contribution in [-0.4, -0.2) is 16.8 Å². The number of ether oxygens (including phenoxy) is 1. The van der Waals surface area contributed by atoms with Gasteiger partial charge in [0.2, 0.25) is 0 Å². The molecular formula is C12H14N2O. The van der Waals surface area contributed by atoms with Crippen molar-refractivity contribution in [3.8, 4) is 0 Å². The largest absolute Gasteiger partial charge is 0.374 e. The summed E-state index contributed by atoms with van der Waals surface area (Å²) in [6.45, 7) is 0.888. The SMILES string of the molecule is c1cc(C2CCCCO2)c2cn[nH]c2c1. The molecule has 2 aromatic rings. The minimum absolute atomic E-state index is 0.264. The van der Waals surface area contributed by atoms with E-state index in [0.29, 0.717) is 0 Å². The monoisotopic (exact) mass is 202 g/mol. The zero-order chi connectivity index (χ0) is 10.1. The van der Waals surface area contributed by atoms with Gasteiger partial charge in [0.1, 0.15) is 0 Å². The zero-order valence-corrected chi connectivity index (χ0v) is 8.57. The molecule has 1 aliphatic heterocycles. The van der Waals surface area contributed by atoms with Crippen LogP contribution >= 0.6 is 0 Å². The van der Waals surface area contributed by atoms with E-state index in [1.165, 1.54) is 23.8 Å². The average Bonchev–Trinajstić information content (AvgIpc) is 2.78. The molecule has 15 heavy (non-hydrogen) atoms. The first-order chi connectivity index (χ1) is 7.45. The highest BCUT2D eigenvalue weighted by Crippen LogP contribution is 2.31. The molecule has 0 bridgehead atoms. The maximum Gasteiger partial charge on any atom is 0.0832 e. The lowest BCUT2D eigenvalue weighted by atomic mass is 9.99. The van der Waals surface area contributed by atoms with E-state index in [-0.39, 0.29) is 6.10 Å². The standard InChI is InChI=1S/C12H14N2O/c1-2-7-15-12(6-1)9-4-3-5-11-10(9)8-13-14-11/h3-5,8,12H,1-2,6-7H2,(H,13,14). The van der Waals surface area contributed by atoms with Crippen molar-refractivity contribution in [2.24, 2.45) is 0 Å². The summed E-state index contributed by atoms with van der Waals surface area (Å²) in [6.07, 6.45) is 5.74. The smallest absolute Gasteiger partial charge is 0.0832 e. The second-order valence-corrected chi connectivity index (χ2v) is 4.03. The first kappa shape index (κ1) is 8.92. The Kier molecular flexibility index (Phi) is 2.18. The predicted octanol–water partition coefficient (Wildman–Crippen LogP) is 2.80. The lowest BCUT2D eigenvalue weighted by Gasteiger charge is -2.23. The molecule has 0 aliphatic carbocycles. The van der Waals surface area contributed by atoms with Crippen molar-refractivity contribution in [2.75, 3.05) is 6.61 Å². The number of aromatic amines is 1. The van der Waals surface area contributed by atoms with Crippen molar-refractivity contribution in [3.05, 3.63) is 30.0 Å². The molecule has 1 atom stereocenters. The lowest BCUT2D eigenvalue weighted by molar-refractivity contribution is 0.0158. The average molecular weight is 202 g/mol. The van der Waals surface area contributed by atoms with E-state index in [2.05, 4.69) is 28.4 Å². The molecule has 0 saturated carbocycles. The third-order valence-electron chi connectivity index (χ3n) is 3.05. The third-order valence-corrected chi connectivity index (χ3v) is 3.05. The van der Waals surface area contributed by atoms with Gasteiger partial charge in [-0.2, -0.15) is 5.10 Å². The van der Waals surface area contributed by atoms with Crippen molar-refractivity contribution in [3.63, 3.8) is 0 Å². The molecule has 3 rings (SSSR count). The fraction of sp³-hybridized carbons (Fsp3) is 0.417. The van der Waals surface area contributed by atoms with Gasteiger partial charge in [0.25, 0.3) is 0 Å². The van der Waals surface area contributed by atoms with Gasteiger partial charge in [-0.3, -0.25) is 5.10 Å². The predicted molar refractivity (Wildman–Crippen MR) is 58.6 cm³/mol.